The van der Waals surface area contributed by atoms with Crippen molar-refractivity contribution in [1.29, 1.82) is 0 Å². The molecule has 1 aromatic rings. The number of ether oxygens (including phenoxy) is 1. The minimum Gasteiger partial charge on any atom is -0.495 e. The van der Waals surface area contributed by atoms with Crippen molar-refractivity contribution >= 4 is 11.3 Å². The van der Waals surface area contributed by atoms with E-state index in [1.54, 1.807) is 18.4 Å². The number of nitrogens with one attached hydrogen (secondary N) is 1. The van der Waals surface area contributed by atoms with E-state index in [-0.39, 0.29) is 6.04 Å². The third-order valence-corrected chi connectivity index (χ3v) is 2.68. The lowest BCUT2D eigenvalue weighted by atomic mass is 10.2. The number of hydrogen-bond donors (Lipinski definition) is 1. The van der Waals surface area contributed by atoms with Gasteiger partial charge in [-0.2, -0.15) is 0 Å². The molecule has 0 amide bonds. The van der Waals surface area contributed by atoms with Crippen LogP contribution in [-0.2, 0) is 0 Å². The fourth-order valence-electron chi connectivity index (χ4n) is 1.12. The zero-order valence-electron chi connectivity index (χ0n) is 7.83. The summed E-state index contributed by atoms with van der Waals surface area (Å²) in [6.07, 6.45) is 5.41. The van der Waals surface area contributed by atoms with E-state index in [4.69, 9.17) is 11.2 Å². The molecule has 0 aliphatic rings. The maximum absolute atomic E-state index is 5.41. The average Bonchev–Trinajstić information content (AvgIpc) is 2.61. The first kappa shape index (κ1) is 10.1. The fraction of sp³-hybridized carbons (Fsp3) is 0.400. The molecule has 1 N–H and O–H groups in total. The van der Waals surface area contributed by atoms with Crippen LogP contribution in [0, 0.1) is 12.3 Å². The lowest BCUT2D eigenvalue weighted by Crippen LogP contribution is -2.18. The number of terminal acetylenes is 1. The van der Waals surface area contributed by atoms with Gasteiger partial charge < -0.3 is 4.74 Å². The first-order chi connectivity index (χ1) is 6.33. The molecule has 0 aliphatic carbocycles. The quantitative estimate of drug-likeness (QED) is 0.742. The Morgan fingerprint density at radius 3 is 3.08 bits per heavy atom. The molecule has 0 saturated carbocycles. The van der Waals surface area contributed by atoms with Gasteiger partial charge in [-0.3, -0.25) is 5.32 Å². The first-order valence-corrected chi connectivity index (χ1v) is 5.02. The smallest absolute Gasteiger partial charge is 0.135 e. The number of rotatable bonds is 4. The maximum Gasteiger partial charge on any atom is 0.135 e. The SMILES string of the molecule is C#CC(NCC)c1sccc1OC. The zero-order valence-corrected chi connectivity index (χ0v) is 8.65. The van der Waals surface area contributed by atoms with Crippen LogP contribution in [-0.4, -0.2) is 13.7 Å². The van der Waals surface area contributed by atoms with Crippen LogP contribution in [0.4, 0.5) is 0 Å². The van der Waals surface area contributed by atoms with Crippen molar-refractivity contribution in [3.8, 4) is 18.1 Å². The minimum atomic E-state index is -0.0278. The summed E-state index contributed by atoms with van der Waals surface area (Å²) in [5.41, 5.74) is 0. The summed E-state index contributed by atoms with van der Waals surface area (Å²) in [5.74, 6) is 3.57. The minimum absolute atomic E-state index is 0.0278. The standard InChI is InChI=1S/C10H13NOS/c1-4-8(11-5-2)10-9(12-3)6-7-13-10/h1,6-8,11H,5H2,2-3H3. The van der Waals surface area contributed by atoms with Crippen molar-refractivity contribution in [3.05, 3.63) is 16.3 Å². The van der Waals surface area contributed by atoms with E-state index in [1.807, 2.05) is 18.4 Å². The largest absolute Gasteiger partial charge is 0.495 e. The predicted molar refractivity (Wildman–Crippen MR) is 56.1 cm³/mol. The molecule has 0 bridgehead atoms. The molecule has 1 aromatic heterocycles. The molecule has 0 radical (unpaired) electrons. The molecule has 0 aliphatic heterocycles. The van der Waals surface area contributed by atoms with E-state index in [2.05, 4.69) is 11.2 Å². The summed E-state index contributed by atoms with van der Waals surface area (Å²) in [6, 6.07) is 1.90. The summed E-state index contributed by atoms with van der Waals surface area (Å²) in [6.45, 7) is 2.89. The summed E-state index contributed by atoms with van der Waals surface area (Å²) in [5, 5.41) is 5.19. The molecule has 2 nitrogen and oxygen atoms in total. The molecule has 0 saturated heterocycles. The fourth-order valence-corrected chi connectivity index (χ4v) is 2.01. The molecule has 3 heteroatoms. The Morgan fingerprint density at radius 2 is 2.54 bits per heavy atom. The monoisotopic (exact) mass is 195 g/mol. The molecule has 0 fully saturated rings. The van der Waals surface area contributed by atoms with Crippen LogP contribution in [0.15, 0.2) is 11.4 Å². The average molecular weight is 195 g/mol. The Morgan fingerprint density at radius 1 is 1.77 bits per heavy atom. The molecule has 1 rings (SSSR count). The Labute approximate surface area is 82.9 Å². The Hall–Kier alpha value is -0.980. The van der Waals surface area contributed by atoms with Crippen molar-refractivity contribution in [2.75, 3.05) is 13.7 Å². The van der Waals surface area contributed by atoms with Crippen LogP contribution < -0.4 is 10.1 Å². The highest BCUT2D eigenvalue weighted by atomic mass is 32.1. The molecular weight excluding hydrogens is 182 g/mol. The van der Waals surface area contributed by atoms with Crippen LogP contribution >= 0.6 is 11.3 Å². The van der Waals surface area contributed by atoms with E-state index in [1.165, 1.54) is 0 Å². The van der Waals surface area contributed by atoms with E-state index in [0.29, 0.717) is 0 Å². The Kier molecular flexibility index (Phi) is 3.81. The molecule has 13 heavy (non-hydrogen) atoms. The van der Waals surface area contributed by atoms with E-state index in [0.717, 1.165) is 17.2 Å². The molecular formula is C10H13NOS. The van der Waals surface area contributed by atoms with Crippen LogP contribution in [0.1, 0.15) is 17.8 Å². The molecule has 1 atom stereocenters. The molecule has 0 spiro atoms. The van der Waals surface area contributed by atoms with Gasteiger partial charge in [-0.05, 0) is 18.0 Å². The Bertz CT molecular complexity index is 300. The first-order valence-electron chi connectivity index (χ1n) is 4.14. The molecule has 1 heterocycles. The molecule has 1 unspecified atom stereocenters. The van der Waals surface area contributed by atoms with Gasteiger partial charge in [0.2, 0.25) is 0 Å². The number of thiophene rings is 1. The van der Waals surface area contributed by atoms with Crippen LogP contribution in [0.5, 0.6) is 5.75 Å². The third-order valence-electron chi connectivity index (χ3n) is 1.71. The van der Waals surface area contributed by atoms with Crippen LogP contribution in [0.2, 0.25) is 0 Å². The van der Waals surface area contributed by atoms with Crippen molar-refractivity contribution in [2.24, 2.45) is 0 Å². The summed E-state index contributed by atoms with van der Waals surface area (Å²) in [7, 11) is 1.66. The lowest BCUT2D eigenvalue weighted by Gasteiger charge is -2.10. The van der Waals surface area contributed by atoms with Crippen LogP contribution in [0.25, 0.3) is 0 Å². The number of methoxy groups -OCH3 is 1. The summed E-state index contributed by atoms with van der Waals surface area (Å²) in [4.78, 5) is 1.08. The number of hydrogen-bond acceptors (Lipinski definition) is 3. The van der Waals surface area contributed by atoms with Gasteiger partial charge in [0, 0.05) is 0 Å². The van der Waals surface area contributed by atoms with Gasteiger partial charge in [-0.25, -0.2) is 0 Å². The van der Waals surface area contributed by atoms with E-state index < -0.39 is 0 Å². The zero-order chi connectivity index (χ0) is 9.68. The van der Waals surface area contributed by atoms with Gasteiger partial charge in [0.1, 0.15) is 11.8 Å². The summed E-state index contributed by atoms with van der Waals surface area (Å²) < 4.78 is 5.19. The van der Waals surface area contributed by atoms with Crippen molar-refractivity contribution in [1.82, 2.24) is 5.32 Å². The summed E-state index contributed by atoms with van der Waals surface area (Å²) >= 11 is 1.62. The van der Waals surface area contributed by atoms with Gasteiger partial charge >= 0.3 is 0 Å². The van der Waals surface area contributed by atoms with Crippen LogP contribution in [0.3, 0.4) is 0 Å². The third kappa shape index (κ3) is 2.24. The van der Waals surface area contributed by atoms with Gasteiger partial charge in [-0.1, -0.05) is 12.8 Å². The molecule has 70 valence electrons. The van der Waals surface area contributed by atoms with E-state index >= 15 is 0 Å². The van der Waals surface area contributed by atoms with Crippen molar-refractivity contribution in [2.45, 2.75) is 13.0 Å². The topological polar surface area (TPSA) is 21.3 Å². The highest BCUT2D eigenvalue weighted by molar-refractivity contribution is 7.10. The predicted octanol–water partition coefficient (Wildman–Crippen LogP) is 2.04. The van der Waals surface area contributed by atoms with E-state index in [9.17, 15) is 0 Å². The van der Waals surface area contributed by atoms with Crippen molar-refractivity contribution in [3.63, 3.8) is 0 Å². The second kappa shape index (κ2) is 4.90. The second-order valence-corrected chi connectivity index (χ2v) is 3.46. The molecule has 0 aromatic carbocycles. The Balaban J connectivity index is 2.85. The highest BCUT2D eigenvalue weighted by Crippen LogP contribution is 2.30. The van der Waals surface area contributed by atoms with Crippen molar-refractivity contribution < 1.29 is 4.74 Å². The lowest BCUT2D eigenvalue weighted by molar-refractivity contribution is 0.409. The van der Waals surface area contributed by atoms with Gasteiger partial charge in [0.15, 0.2) is 0 Å². The van der Waals surface area contributed by atoms with Gasteiger partial charge in [0.25, 0.3) is 0 Å². The van der Waals surface area contributed by atoms with Gasteiger partial charge in [-0.15, -0.1) is 17.8 Å². The highest BCUT2D eigenvalue weighted by Gasteiger charge is 2.13. The van der Waals surface area contributed by atoms with Gasteiger partial charge in [0.05, 0.1) is 12.0 Å². The second-order valence-electron chi connectivity index (χ2n) is 2.51. The normalized spacial score (nSPS) is 12.1. The maximum atomic E-state index is 5.41.